The van der Waals surface area contributed by atoms with E-state index in [1.165, 1.54) is 0 Å². The van der Waals surface area contributed by atoms with Gasteiger partial charge in [0, 0.05) is 43.4 Å². The molecule has 1 amide bonds. The zero-order valence-electron chi connectivity index (χ0n) is 20.6. The van der Waals surface area contributed by atoms with Crippen LogP contribution in [0.25, 0.3) is 11.3 Å². The topological polar surface area (TPSA) is 77.0 Å². The highest BCUT2D eigenvalue weighted by Gasteiger charge is 2.24. The largest absolute Gasteiger partial charge is 0.494 e. The minimum atomic E-state index is -0.00795. The smallest absolute Gasteiger partial charge is 0.254 e. The Morgan fingerprint density at radius 1 is 0.800 bits per heavy atom. The summed E-state index contributed by atoms with van der Waals surface area (Å²) in [6.07, 6.45) is 1.59. The van der Waals surface area contributed by atoms with Gasteiger partial charge in [0.15, 0.2) is 11.5 Å². The van der Waals surface area contributed by atoms with E-state index in [1.807, 2.05) is 56.0 Å². The lowest BCUT2D eigenvalue weighted by Gasteiger charge is -2.35. The molecule has 8 nitrogen and oxygen atoms in total. The van der Waals surface area contributed by atoms with Gasteiger partial charge in [0.2, 0.25) is 0 Å². The quantitative estimate of drug-likeness (QED) is 0.456. The first-order valence-electron chi connectivity index (χ1n) is 12.1. The van der Waals surface area contributed by atoms with Crippen molar-refractivity contribution in [3.05, 3.63) is 60.4 Å². The number of benzene rings is 2. The maximum atomic E-state index is 13.2. The molecule has 184 valence electrons. The monoisotopic (exact) mass is 476 g/mol. The van der Waals surface area contributed by atoms with E-state index in [2.05, 4.69) is 14.9 Å². The third-order valence-corrected chi connectivity index (χ3v) is 5.79. The first-order chi connectivity index (χ1) is 17.1. The Bertz CT molecular complexity index is 1130. The van der Waals surface area contributed by atoms with Gasteiger partial charge in [-0.1, -0.05) is 0 Å². The molecule has 0 radical (unpaired) electrons. The summed E-state index contributed by atoms with van der Waals surface area (Å²) in [7, 11) is 0. The molecule has 0 N–H and O–H groups in total. The second-order valence-electron chi connectivity index (χ2n) is 8.03. The second kappa shape index (κ2) is 11.6. The van der Waals surface area contributed by atoms with E-state index >= 15 is 0 Å². The lowest BCUT2D eigenvalue weighted by Crippen LogP contribution is -2.49. The van der Waals surface area contributed by atoms with Gasteiger partial charge in [-0.25, -0.2) is 9.97 Å². The maximum Gasteiger partial charge on any atom is 0.254 e. The summed E-state index contributed by atoms with van der Waals surface area (Å²) < 4.78 is 16.8. The zero-order valence-corrected chi connectivity index (χ0v) is 20.6. The number of hydrogen-bond acceptors (Lipinski definition) is 7. The van der Waals surface area contributed by atoms with Crippen LogP contribution in [-0.2, 0) is 0 Å². The zero-order chi connectivity index (χ0) is 24.6. The van der Waals surface area contributed by atoms with Crippen molar-refractivity contribution in [3.63, 3.8) is 0 Å². The fourth-order valence-corrected chi connectivity index (χ4v) is 4.07. The average molecular weight is 477 g/mol. The Morgan fingerprint density at radius 2 is 1.49 bits per heavy atom. The fourth-order valence-electron chi connectivity index (χ4n) is 4.07. The van der Waals surface area contributed by atoms with Crippen LogP contribution in [0.2, 0.25) is 0 Å². The molecule has 35 heavy (non-hydrogen) atoms. The molecular formula is C27H32N4O4. The molecule has 2 aromatic carbocycles. The van der Waals surface area contributed by atoms with Crippen LogP contribution in [0.15, 0.2) is 54.9 Å². The third kappa shape index (κ3) is 5.82. The van der Waals surface area contributed by atoms with Crippen molar-refractivity contribution < 1.29 is 19.0 Å². The number of hydrogen-bond donors (Lipinski definition) is 0. The Labute approximate surface area is 206 Å². The summed E-state index contributed by atoms with van der Waals surface area (Å²) >= 11 is 0. The molecule has 0 saturated carbocycles. The minimum absolute atomic E-state index is 0.00795. The SMILES string of the molecule is CCOc1ccc(-c2cc(N3CCN(C(=O)c4ccc(OCC)c(OCC)c4)CC3)ncn2)cc1. The predicted molar refractivity (Wildman–Crippen MR) is 136 cm³/mol. The van der Waals surface area contributed by atoms with E-state index in [0.29, 0.717) is 63.1 Å². The van der Waals surface area contributed by atoms with Crippen molar-refractivity contribution in [1.29, 1.82) is 0 Å². The highest BCUT2D eigenvalue weighted by atomic mass is 16.5. The van der Waals surface area contributed by atoms with Gasteiger partial charge in [-0.05, 0) is 63.2 Å². The minimum Gasteiger partial charge on any atom is -0.494 e. The van der Waals surface area contributed by atoms with Crippen molar-refractivity contribution in [3.8, 4) is 28.5 Å². The summed E-state index contributed by atoms with van der Waals surface area (Å²) in [4.78, 5) is 26.1. The summed E-state index contributed by atoms with van der Waals surface area (Å²) in [6.45, 7) is 10.1. The highest BCUT2D eigenvalue weighted by Crippen LogP contribution is 2.29. The summed E-state index contributed by atoms with van der Waals surface area (Å²) in [5.41, 5.74) is 2.46. The lowest BCUT2D eigenvalue weighted by atomic mass is 10.1. The molecule has 1 fully saturated rings. The number of aromatic nitrogens is 2. The van der Waals surface area contributed by atoms with E-state index in [1.54, 1.807) is 24.5 Å². The van der Waals surface area contributed by atoms with Crippen molar-refractivity contribution >= 4 is 11.7 Å². The number of carbonyl (C=O) groups is 1. The summed E-state index contributed by atoms with van der Waals surface area (Å²) in [5.74, 6) is 2.94. The van der Waals surface area contributed by atoms with E-state index in [4.69, 9.17) is 14.2 Å². The molecule has 1 saturated heterocycles. The third-order valence-electron chi connectivity index (χ3n) is 5.79. The van der Waals surface area contributed by atoms with Crippen LogP contribution in [0.1, 0.15) is 31.1 Å². The first kappa shape index (κ1) is 24.3. The molecule has 8 heteroatoms. The summed E-state index contributed by atoms with van der Waals surface area (Å²) in [5, 5.41) is 0. The molecular weight excluding hydrogens is 444 g/mol. The van der Waals surface area contributed by atoms with Crippen LogP contribution in [0.5, 0.6) is 17.2 Å². The highest BCUT2D eigenvalue weighted by molar-refractivity contribution is 5.95. The fraction of sp³-hybridized carbons (Fsp3) is 0.370. The van der Waals surface area contributed by atoms with Crippen LogP contribution < -0.4 is 19.1 Å². The average Bonchev–Trinajstić information content (AvgIpc) is 2.90. The van der Waals surface area contributed by atoms with Gasteiger partial charge in [0.25, 0.3) is 5.91 Å². The molecule has 0 unspecified atom stereocenters. The van der Waals surface area contributed by atoms with Gasteiger partial charge in [-0.3, -0.25) is 4.79 Å². The van der Waals surface area contributed by atoms with Gasteiger partial charge in [0.05, 0.1) is 25.5 Å². The number of carbonyl (C=O) groups excluding carboxylic acids is 1. The molecule has 4 rings (SSSR count). The van der Waals surface area contributed by atoms with Gasteiger partial charge < -0.3 is 24.0 Å². The number of amides is 1. The van der Waals surface area contributed by atoms with E-state index in [0.717, 1.165) is 22.8 Å². The van der Waals surface area contributed by atoms with Crippen molar-refractivity contribution in [2.45, 2.75) is 20.8 Å². The van der Waals surface area contributed by atoms with Crippen molar-refractivity contribution in [2.75, 3.05) is 50.9 Å². The molecule has 2 heterocycles. The van der Waals surface area contributed by atoms with E-state index in [9.17, 15) is 4.79 Å². The molecule has 0 bridgehead atoms. The molecule has 0 aliphatic carbocycles. The first-order valence-corrected chi connectivity index (χ1v) is 12.1. The Hall–Kier alpha value is -3.81. The number of nitrogens with zero attached hydrogens (tertiary/aromatic N) is 4. The normalized spacial score (nSPS) is 13.5. The molecule has 3 aromatic rings. The standard InChI is InChI=1S/C27H32N4O4/c1-4-33-22-10-7-20(8-11-22)23-18-26(29-19-28-23)30-13-15-31(16-14-30)27(32)21-9-12-24(34-5-2)25(17-21)35-6-3/h7-12,17-19H,4-6,13-16H2,1-3H3. The molecule has 1 aliphatic rings. The number of ether oxygens (including phenoxy) is 3. The van der Waals surface area contributed by atoms with Crippen LogP contribution >= 0.6 is 0 Å². The van der Waals surface area contributed by atoms with Gasteiger partial charge in [-0.15, -0.1) is 0 Å². The Morgan fingerprint density at radius 3 is 2.17 bits per heavy atom. The summed E-state index contributed by atoms with van der Waals surface area (Å²) in [6, 6.07) is 15.3. The van der Waals surface area contributed by atoms with E-state index in [-0.39, 0.29) is 5.91 Å². The van der Waals surface area contributed by atoms with Gasteiger partial charge >= 0.3 is 0 Å². The number of piperazine rings is 1. The molecule has 1 aromatic heterocycles. The molecule has 0 spiro atoms. The lowest BCUT2D eigenvalue weighted by molar-refractivity contribution is 0.0746. The molecule has 0 atom stereocenters. The Kier molecular flexibility index (Phi) is 8.03. The maximum absolute atomic E-state index is 13.2. The van der Waals surface area contributed by atoms with Gasteiger partial charge in [0.1, 0.15) is 17.9 Å². The van der Waals surface area contributed by atoms with E-state index < -0.39 is 0 Å². The van der Waals surface area contributed by atoms with Crippen LogP contribution in [-0.4, -0.2) is 66.8 Å². The van der Waals surface area contributed by atoms with Crippen LogP contribution in [0.4, 0.5) is 5.82 Å². The molecule has 1 aliphatic heterocycles. The van der Waals surface area contributed by atoms with Crippen LogP contribution in [0, 0.1) is 0 Å². The predicted octanol–water partition coefficient (Wildman–Crippen LogP) is 4.30. The second-order valence-corrected chi connectivity index (χ2v) is 8.03. The van der Waals surface area contributed by atoms with Crippen molar-refractivity contribution in [2.24, 2.45) is 0 Å². The number of anilines is 1. The van der Waals surface area contributed by atoms with Crippen LogP contribution in [0.3, 0.4) is 0 Å². The number of rotatable bonds is 9. The Balaban J connectivity index is 1.41. The van der Waals surface area contributed by atoms with Gasteiger partial charge in [-0.2, -0.15) is 0 Å². The van der Waals surface area contributed by atoms with Crippen molar-refractivity contribution in [1.82, 2.24) is 14.9 Å².